The summed E-state index contributed by atoms with van der Waals surface area (Å²) in [5, 5.41) is 2.87. The predicted octanol–water partition coefficient (Wildman–Crippen LogP) is 3.47. The number of imidazole rings is 1. The number of hydrogen-bond donors (Lipinski definition) is 2. The van der Waals surface area contributed by atoms with Gasteiger partial charge in [-0.05, 0) is 25.0 Å². The number of ether oxygens (including phenoxy) is 2. The molecule has 3 aromatic rings. The normalized spacial score (nSPS) is 11.1. The van der Waals surface area contributed by atoms with Crippen LogP contribution in [0.15, 0.2) is 27.8 Å². The summed E-state index contributed by atoms with van der Waals surface area (Å²) < 4.78 is 14.0. The number of aryl methyl sites for hydroxylation is 3. The van der Waals surface area contributed by atoms with Crippen LogP contribution in [0.5, 0.6) is 11.5 Å². The van der Waals surface area contributed by atoms with Gasteiger partial charge in [0.15, 0.2) is 11.2 Å². The predicted molar refractivity (Wildman–Crippen MR) is 136 cm³/mol. The molecule has 1 amide bonds. The molecule has 0 fully saturated rings. The number of nitrogens with zero attached hydrogens (tertiary/aromatic N) is 3. The van der Waals surface area contributed by atoms with E-state index in [2.05, 4.69) is 22.2 Å². The SMILES string of the molecule is CCCCCn1c(CCC(=O)Nc2cc(OC)ccc2OC)nc2c1c(=O)[nH]c(=O)n2CCCC. The Morgan fingerprint density at radius 2 is 1.77 bits per heavy atom. The largest absolute Gasteiger partial charge is 0.497 e. The Morgan fingerprint density at radius 3 is 2.46 bits per heavy atom. The lowest BCUT2D eigenvalue weighted by atomic mass is 10.2. The molecule has 0 saturated carbocycles. The highest BCUT2D eigenvalue weighted by atomic mass is 16.5. The second kappa shape index (κ2) is 12.2. The summed E-state index contributed by atoms with van der Waals surface area (Å²) in [6, 6.07) is 5.18. The lowest BCUT2D eigenvalue weighted by Gasteiger charge is -2.12. The number of amides is 1. The van der Waals surface area contributed by atoms with Crippen molar-refractivity contribution in [2.45, 2.75) is 71.9 Å². The summed E-state index contributed by atoms with van der Waals surface area (Å²) in [5.74, 6) is 1.52. The Balaban J connectivity index is 1.90. The van der Waals surface area contributed by atoms with Crippen LogP contribution in [0.25, 0.3) is 11.2 Å². The van der Waals surface area contributed by atoms with Crippen LogP contribution in [0, 0.1) is 0 Å². The zero-order valence-corrected chi connectivity index (χ0v) is 21.0. The van der Waals surface area contributed by atoms with Crippen LogP contribution in [-0.2, 0) is 24.3 Å². The summed E-state index contributed by atoms with van der Waals surface area (Å²) >= 11 is 0. The fourth-order valence-corrected chi connectivity index (χ4v) is 4.04. The van der Waals surface area contributed by atoms with Gasteiger partial charge in [-0.1, -0.05) is 33.1 Å². The van der Waals surface area contributed by atoms with Crippen molar-refractivity contribution in [1.29, 1.82) is 0 Å². The minimum atomic E-state index is -0.455. The first-order chi connectivity index (χ1) is 16.9. The molecule has 10 heteroatoms. The van der Waals surface area contributed by atoms with Gasteiger partial charge < -0.3 is 19.4 Å². The quantitative estimate of drug-likeness (QED) is 0.358. The van der Waals surface area contributed by atoms with Crippen molar-refractivity contribution in [2.24, 2.45) is 0 Å². The molecule has 10 nitrogen and oxygen atoms in total. The first kappa shape index (κ1) is 26.1. The van der Waals surface area contributed by atoms with E-state index in [0.717, 1.165) is 32.1 Å². The number of benzene rings is 1. The second-order valence-corrected chi connectivity index (χ2v) is 8.44. The number of H-pyrrole nitrogens is 1. The van der Waals surface area contributed by atoms with Crippen molar-refractivity contribution in [3.05, 3.63) is 44.9 Å². The number of fused-ring (bicyclic) bond motifs is 1. The van der Waals surface area contributed by atoms with Gasteiger partial charge in [0.2, 0.25) is 5.91 Å². The Kier molecular flexibility index (Phi) is 9.11. The molecule has 190 valence electrons. The molecule has 3 rings (SSSR count). The highest BCUT2D eigenvalue weighted by Crippen LogP contribution is 2.29. The van der Waals surface area contributed by atoms with Crippen molar-refractivity contribution in [3.8, 4) is 11.5 Å². The molecule has 2 aromatic heterocycles. The molecule has 0 atom stereocenters. The molecule has 1 aromatic carbocycles. The molecule has 0 aliphatic carbocycles. The topological polar surface area (TPSA) is 120 Å². The van der Waals surface area contributed by atoms with Crippen LogP contribution in [0.2, 0.25) is 0 Å². The number of unbranched alkanes of at least 4 members (excludes halogenated alkanes) is 3. The van der Waals surface area contributed by atoms with Gasteiger partial charge in [0.05, 0.1) is 19.9 Å². The Bertz CT molecular complexity index is 1270. The van der Waals surface area contributed by atoms with Crippen molar-refractivity contribution >= 4 is 22.8 Å². The zero-order chi connectivity index (χ0) is 25.4. The number of methoxy groups -OCH3 is 2. The van der Waals surface area contributed by atoms with Crippen molar-refractivity contribution in [3.63, 3.8) is 0 Å². The third-order valence-corrected chi connectivity index (χ3v) is 5.94. The average Bonchev–Trinajstić information content (AvgIpc) is 3.21. The average molecular weight is 486 g/mol. The van der Waals surface area contributed by atoms with Crippen LogP contribution in [0.3, 0.4) is 0 Å². The lowest BCUT2D eigenvalue weighted by Crippen LogP contribution is -2.31. The third kappa shape index (κ3) is 6.12. The van der Waals surface area contributed by atoms with E-state index in [4.69, 9.17) is 9.47 Å². The summed E-state index contributed by atoms with van der Waals surface area (Å²) in [4.78, 5) is 45.2. The van der Waals surface area contributed by atoms with E-state index in [1.165, 1.54) is 11.7 Å². The van der Waals surface area contributed by atoms with Gasteiger partial charge in [-0.3, -0.25) is 19.1 Å². The van der Waals surface area contributed by atoms with E-state index in [0.29, 0.717) is 53.7 Å². The summed E-state index contributed by atoms with van der Waals surface area (Å²) in [6.07, 6.45) is 5.08. The van der Waals surface area contributed by atoms with E-state index in [-0.39, 0.29) is 12.3 Å². The number of aromatic amines is 1. The Morgan fingerprint density at radius 1 is 1.03 bits per heavy atom. The maximum absolute atomic E-state index is 12.8. The number of carbonyl (C=O) groups excluding carboxylic acids is 1. The van der Waals surface area contributed by atoms with E-state index >= 15 is 0 Å². The minimum Gasteiger partial charge on any atom is -0.497 e. The Hall–Kier alpha value is -3.56. The molecule has 0 aliphatic heterocycles. The second-order valence-electron chi connectivity index (χ2n) is 8.44. The van der Waals surface area contributed by atoms with Crippen LogP contribution >= 0.6 is 0 Å². The summed E-state index contributed by atoms with van der Waals surface area (Å²) in [6.45, 7) is 5.22. The van der Waals surface area contributed by atoms with Gasteiger partial charge in [0.1, 0.15) is 17.3 Å². The van der Waals surface area contributed by atoms with Gasteiger partial charge in [-0.15, -0.1) is 0 Å². The van der Waals surface area contributed by atoms with Gasteiger partial charge in [-0.25, -0.2) is 9.78 Å². The van der Waals surface area contributed by atoms with Crippen LogP contribution in [0.1, 0.15) is 58.2 Å². The molecule has 0 aliphatic rings. The van der Waals surface area contributed by atoms with Crippen molar-refractivity contribution in [1.82, 2.24) is 19.1 Å². The summed E-state index contributed by atoms with van der Waals surface area (Å²) in [5.41, 5.74) is 0.385. The fraction of sp³-hybridized carbons (Fsp3) is 0.520. The van der Waals surface area contributed by atoms with E-state index < -0.39 is 11.2 Å². The molecule has 2 N–H and O–H groups in total. The number of anilines is 1. The first-order valence-corrected chi connectivity index (χ1v) is 12.2. The van der Waals surface area contributed by atoms with Gasteiger partial charge in [-0.2, -0.15) is 0 Å². The number of hydrogen-bond acceptors (Lipinski definition) is 6. The zero-order valence-electron chi connectivity index (χ0n) is 21.0. The van der Waals surface area contributed by atoms with E-state index in [1.54, 1.807) is 25.3 Å². The highest BCUT2D eigenvalue weighted by Gasteiger charge is 2.19. The van der Waals surface area contributed by atoms with Crippen LogP contribution in [0.4, 0.5) is 5.69 Å². The van der Waals surface area contributed by atoms with Gasteiger partial charge >= 0.3 is 5.69 Å². The number of nitrogens with one attached hydrogen (secondary N) is 2. The molecule has 0 bridgehead atoms. The van der Waals surface area contributed by atoms with Gasteiger partial charge in [0, 0.05) is 32.0 Å². The third-order valence-electron chi connectivity index (χ3n) is 5.94. The molecular weight excluding hydrogens is 450 g/mol. The van der Waals surface area contributed by atoms with Crippen LogP contribution < -0.4 is 26.0 Å². The summed E-state index contributed by atoms with van der Waals surface area (Å²) in [7, 11) is 3.09. The maximum Gasteiger partial charge on any atom is 0.330 e. The minimum absolute atomic E-state index is 0.147. The number of carbonyl (C=O) groups is 1. The van der Waals surface area contributed by atoms with Crippen molar-refractivity contribution < 1.29 is 14.3 Å². The van der Waals surface area contributed by atoms with Crippen LogP contribution in [-0.4, -0.2) is 39.2 Å². The molecule has 0 spiro atoms. The lowest BCUT2D eigenvalue weighted by molar-refractivity contribution is -0.116. The first-order valence-electron chi connectivity index (χ1n) is 12.2. The van der Waals surface area contributed by atoms with E-state index in [9.17, 15) is 14.4 Å². The van der Waals surface area contributed by atoms with Gasteiger partial charge in [0.25, 0.3) is 5.56 Å². The maximum atomic E-state index is 12.8. The Labute approximate surface area is 204 Å². The molecule has 2 heterocycles. The molecule has 0 saturated heterocycles. The monoisotopic (exact) mass is 485 g/mol. The van der Waals surface area contributed by atoms with E-state index in [1.807, 2.05) is 11.5 Å². The fourth-order valence-electron chi connectivity index (χ4n) is 4.04. The van der Waals surface area contributed by atoms with Crippen molar-refractivity contribution in [2.75, 3.05) is 19.5 Å². The number of rotatable bonds is 13. The molecule has 0 radical (unpaired) electrons. The number of aromatic nitrogens is 4. The highest BCUT2D eigenvalue weighted by molar-refractivity contribution is 5.92. The molecule has 0 unspecified atom stereocenters. The standard InChI is InChI=1S/C25H35N5O5/c1-5-7-9-15-29-20(27-23-22(29)24(32)28-25(33)30(23)14-8-6-2)12-13-21(31)26-18-16-17(34-3)10-11-19(18)35-4/h10-11,16H,5-9,12-15H2,1-4H3,(H,26,31)(H,28,32,33). The molecular formula is C25H35N5O5. The molecule has 35 heavy (non-hydrogen) atoms. The smallest absolute Gasteiger partial charge is 0.330 e.